The molecule has 1 aliphatic rings. The number of morpholine rings is 1. The van der Waals surface area contributed by atoms with Gasteiger partial charge in [0.2, 0.25) is 5.91 Å². The molecule has 4 nitrogen and oxygen atoms in total. The highest BCUT2D eigenvalue weighted by molar-refractivity contribution is 7.09. The Morgan fingerprint density at radius 3 is 2.52 bits per heavy atom. The van der Waals surface area contributed by atoms with Gasteiger partial charge in [0, 0.05) is 24.5 Å². The van der Waals surface area contributed by atoms with Crippen LogP contribution in [0, 0.1) is 5.92 Å². The molecule has 23 heavy (non-hydrogen) atoms. The molecule has 0 saturated carbocycles. The van der Waals surface area contributed by atoms with Gasteiger partial charge in [-0.2, -0.15) is 0 Å². The minimum absolute atomic E-state index is 0.0660. The van der Waals surface area contributed by atoms with E-state index in [9.17, 15) is 4.79 Å². The number of nitrogens with zero attached hydrogens (tertiary/aromatic N) is 2. The van der Waals surface area contributed by atoms with E-state index in [0.29, 0.717) is 6.54 Å². The van der Waals surface area contributed by atoms with Gasteiger partial charge in [0.1, 0.15) is 0 Å². The highest BCUT2D eigenvalue weighted by Crippen LogP contribution is 2.22. The van der Waals surface area contributed by atoms with Gasteiger partial charge in [0.05, 0.1) is 24.8 Å². The van der Waals surface area contributed by atoms with Crippen LogP contribution >= 0.6 is 11.3 Å². The molecule has 0 spiro atoms. The van der Waals surface area contributed by atoms with Gasteiger partial charge in [-0.3, -0.25) is 9.69 Å². The first-order valence-corrected chi connectivity index (χ1v) is 9.51. The summed E-state index contributed by atoms with van der Waals surface area (Å²) in [4.78, 5) is 18.8. The van der Waals surface area contributed by atoms with E-state index in [4.69, 9.17) is 4.74 Å². The van der Waals surface area contributed by atoms with Crippen LogP contribution in [0.5, 0.6) is 0 Å². The quantitative estimate of drug-likeness (QED) is 0.798. The van der Waals surface area contributed by atoms with Crippen LogP contribution in [0.15, 0.2) is 17.5 Å². The van der Waals surface area contributed by atoms with Crippen molar-refractivity contribution in [3.05, 3.63) is 22.4 Å². The van der Waals surface area contributed by atoms with Gasteiger partial charge in [-0.1, -0.05) is 19.9 Å². The van der Waals surface area contributed by atoms with Crippen molar-refractivity contribution in [3.63, 3.8) is 0 Å². The first kappa shape index (κ1) is 18.4. The van der Waals surface area contributed by atoms with Crippen molar-refractivity contribution in [2.24, 2.45) is 5.92 Å². The zero-order chi connectivity index (χ0) is 17.0. The lowest BCUT2D eigenvalue weighted by Gasteiger charge is -2.42. The largest absolute Gasteiger partial charge is 0.373 e. The van der Waals surface area contributed by atoms with Crippen molar-refractivity contribution >= 4 is 17.2 Å². The summed E-state index contributed by atoms with van der Waals surface area (Å²) in [7, 11) is 0. The van der Waals surface area contributed by atoms with Gasteiger partial charge in [0.25, 0.3) is 0 Å². The number of rotatable bonds is 6. The zero-order valence-corrected chi connectivity index (χ0v) is 15.8. The lowest BCUT2D eigenvalue weighted by molar-refractivity contribution is -0.145. The van der Waals surface area contributed by atoms with Crippen LogP contribution in [0.3, 0.4) is 0 Å². The van der Waals surface area contributed by atoms with E-state index in [1.54, 1.807) is 11.3 Å². The average molecular weight is 339 g/mol. The summed E-state index contributed by atoms with van der Waals surface area (Å²) < 4.78 is 5.83. The minimum Gasteiger partial charge on any atom is -0.373 e. The van der Waals surface area contributed by atoms with Crippen molar-refractivity contribution in [1.29, 1.82) is 0 Å². The van der Waals surface area contributed by atoms with Crippen LogP contribution in [0.4, 0.5) is 0 Å². The number of hydrogen-bond acceptors (Lipinski definition) is 4. The van der Waals surface area contributed by atoms with E-state index in [2.05, 4.69) is 51.0 Å². The molecule has 3 unspecified atom stereocenters. The Balaban J connectivity index is 2.13. The maximum atomic E-state index is 13.2. The maximum absolute atomic E-state index is 13.2. The van der Waals surface area contributed by atoms with Crippen LogP contribution in [-0.2, 0) is 16.1 Å². The molecule has 1 saturated heterocycles. The van der Waals surface area contributed by atoms with Crippen molar-refractivity contribution in [1.82, 2.24) is 9.80 Å². The molecule has 1 aromatic heterocycles. The topological polar surface area (TPSA) is 32.8 Å². The number of likely N-dealkylation sites (N-methyl/N-ethyl adjacent to an activating group) is 1. The fourth-order valence-electron chi connectivity index (χ4n) is 3.43. The molecule has 3 atom stereocenters. The molecule has 1 aromatic rings. The van der Waals surface area contributed by atoms with Crippen molar-refractivity contribution in [3.8, 4) is 0 Å². The lowest BCUT2D eigenvalue weighted by Crippen LogP contribution is -2.57. The number of carbonyl (C=O) groups is 1. The number of ether oxygens (including phenoxy) is 1. The van der Waals surface area contributed by atoms with Gasteiger partial charge in [-0.25, -0.2) is 0 Å². The zero-order valence-electron chi connectivity index (χ0n) is 15.0. The Labute approximate surface area is 144 Å². The smallest absolute Gasteiger partial charge is 0.240 e. The van der Waals surface area contributed by atoms with Crippen molar-refractivity contribution in [2.75, 3.05) is 19.6 Å². The molecule has 1 amide bonds. The molecule has 130 valence electrons. The van der Waals surface area contributed by atoms with Gasteiger partial charge in [-0.15, -0.1) is 11.3 Å². The number of hydrogen-bond donors (Lipinski definition) is 0. The summed E-state index contributed by atoms with van der Waals surface area (Å²) >= 11 is 1.71. The Kier molecular flexibility index (Phi) is 6.62. The van der Waals surface area contributed by atoms with Gasteiger partial charge >= 0.3 is 0 Å². The third kappa shape index (κ3) is 4.78. The third-order valence-corrected chi connectivity index (χ3v) is 5.21. The molecule has 1 aliphatic heterocycles. The van der Waals surface area contributed by atoms with Crippen molar-refractivity contribution in [2.45, 2.75) is 59.4 Å². The summed E-state index contributed by atoms with van der Waals surface area (Å²) in [6.07, 6.45) is 0.361. The van der Waals surface area contributed by atoms with Crippen LogP contribution < -0.4 is 0 Å². The van der Waals surface area contributed by atoms with E-state index in [0.717, 1.165) is 19.6 Å². The Hall–Kier alpha value is -0.910. The highest BCUT2D eigenvalue weighted by atomic mass is 32.1. The normalized spacial score (nSPS) is 23.9. The standard InChI is InChI=1S/C18H30N2O2S/c1-6-19(12-16-8-7-9-23-16)18(21)17(13(2)3)20-10-14(4)22-15(5)11-20/h7-9,13-15,17H,6,10-12H2,1-5H3. The van der Waals surface area contributed by atoms with Gasteiger partial charge in [-0.05, 0) is 38.1 Å². The van der Waals surface area contributed by atoms with Crippen LogP contribution in [-0.4, -0.2) is 53.6 Å². The average Bonchev–Trinajstić information content (AvgIpc) is 2.96. The Morgan fingerprint density at radius 1 is 1.39 bits per heavy atom. The molecular formula is C18H30N2O2S. The van der Waals surface area contributed by atoms with E-state index in [1.807, 2.05) is 11.0 Å². The lowest BCUT2D eigenvalue weighted by atomic mass is 9.99. The Morgan fingerprint density at radius 2 is 2.04 bits per heavy atom. The Bertz CT molecular complexity index is 479. The van der Waals surface area contributed by atoms with Gasteiger partial charge < -0.3 is 9.64 Å². The molecule has 2 heterocycles. The predicted molar refractivity (Wildman–Crippen MR) is 95.6 cm³/mol. The second-order valence-corrected chi connectivity index (χ2v) is 7.86. The number of thiophene rings is 1. The second-order valence-electron chi connectivity index (χ2n) is 6.83. The maximum Gasteiger partial charge on any atom is 0.240 e. The number of amides is 1. The van der Waals surface area contributed by atoms with E-state index in [-0.39, 0.29) is 30.1 Å². The molecule has 0 aliphatic carbocycles. The first-order valence-electron chi connectivity index (χ1n) is 8.63. The fraction of sp³-hybridized carbons (Fsp3) is 0.722. The van der Waals surface area contributed by atoms with Gasteiger partial charge in [0.15, 0.2) is 0 Å². The molecular weight excluding hydrogens is 308 g/mol. The molecule has 0 N–H and O–H groups in total. The van der Waals surface area contributed by atoms with E-state index < -0.39 is 0 Å². The summed E-state index contributed by atoms with van der Waals surface area (Å²) in [6.45, 7) is 13.7. The summed E-state index contributed by atoms with van der Waals surface area (Å²) in [5.41, 5.74) is 0. The van der Waals surface area contributed by atoms with Crippen LogP contribution in [0.1, 0.15) is 39.5 Å². The molecule has 2 rings (SSSR count). The molecule has 0 radical (unpaired) electrons. The van der Waals surface area contributed by atoms with Crippen LogP contribution in [0.25, 0.3) is 0 Å². The summed E-state index contributed by atoms with van der Waals surface area (Å²) in [6, 6.07) is 4.08. The second kappa shape index (κ2) is 8.27. The molecule has 0 bridgehead atoms. The van der Waals surface area contributed by atoms with E-state index in [1.165, 1.54) is 4.88 Å². The minimum atomic E-state index is -0.0660. The summed E-state index contributed by atoms with van der Waals surface area (Å²) in [5.74, 6) is 0.537. The molecule has 0 aromatic carbocycles. The number of carbonyl (C=O) groups excluding carboxylic acids is 1. The van der Waals surface area contributed by atoms with Crippen molar-refractivity contribution < 1.29 is 9.53 Å². The molecule has 5 heteroatoms. The SMILES string of the molecule is CCN(Cc1cccs1)C(=O)C(C(C)C)N1CC(C)OC(C)C1. The third-order valence-electron chi connectivity index (χ3n) is 4.35. The first-order chi connectivity index (χ1) is 10.9. The monoisotopic (exact) mass is 338 g/mol. The van der Waals surface area contributed by atoms with E-state index >= 15 is 0 Å². The van der Waals surface area contributed by atoms with Crippen LogP contribution in [0.2, 0.25) is 0 Å². The predicted octanol–water partition coefficient (Wildman–Crippen LogP) is 3.23. The highest BCUT2D eigenvalue weighted by Gasteiger charge is 2.36. The molecule has 1 fully saturated rings. The summed E-state index contributed by atoms with van der Waals surface area (Å²) in [5, 5.41) is 2.07. The fourth-order valence-corrected chi connectivity index (χ4v) is 4.15.